The van der Waals surface area contributed by atoms with E-state index < -0.39 is 0 Å². The van der Waals surface area contributed by atoms with E-state index in [4.69, 9.17) is 0 Å². The number of fused-ring (bicyclic) bond motifs is 1. The molecule has 0 aromatic heterocycles. The van der Waals surface area contributed by atoms with Crippen LogP contribution >= 0.6 is 0 Å². The van der Waals surface area contributed by atoms with Gasteiger partial charge in [-0.05, 0) is 12.3 Å². The highest BCUT2D eigenvalue weighted by Gasteiger charge is 2.44. The first-order valence-corrected chi connectivity index (χ1v) is 4.98. The van der Waals surface area contributed by atoms with Gasteiger partial charge in [0.1, 0.15) is 12.1 Å². The third-order valence-corrected chi connectivity index (χ3v) is 2.78. The summed E-state index contributed by atoms with van der Waals surface area (Å²) in [5, 5.41) is 4.26. The van der Waals surface area contributed by atoms with E-state index in [-0.39, 0.29) is 29.8 Å². The Labute approximate surface area is 82.8 Å². The number of rotatable bonds is 1. The van der Waals surface area contributed by atoms with Crippen molar-refractivity contribution in [1.82, 2.24) is 15.8 Å². The van der Waals surface area contributed by atoms with Crippen LogP contribution < -0.4 is 10.7 Å². The number of hydrogen-bond acceptors (Lipinski definition) is 3. The van der Waals surface area contributed by atoms with Crippen molar-refractivity contribution in [3.8, 4) is 0 Å². The average molecular weight is 197 g/mol. The summed E-state index contributed by atoms with van der Waals surface area (Å²) in [5.41, 5.74) is 2.95. The zero-order chi connectivity index (χ0) is 10.3. The number of carbonyl (C=O) groups excluding carboxylic acids is 2. The molecule has 14 heavy (non-hydrogen) atoms. The van der Waals surface area contributed by atoms with Gasteiger partial charge in [-0.1, -0.05) is 13.8 Å². The first kappa shape index (κ1) is 9.45. The molecule has 0 aromatic rings. The fourth-order valence-electron chi connectivity index (χ4n) is 1.95. The summed E-state index contributed by atoms with van der Waals surface area (Å²) in [4.78, 5) is 23.4. The van der Waals surface area contributed by atoms with Crippen molar-refractivity contribution < 1.29 is 9.59 Å². The van der Waals surface area contributed by atoms with Gasteiger partial charge in [-0.2, -0.15) is 0 Å². The van der Waals surface area contributed by atoms with Crippen LogP contribution in [0.25, 0.3) is 0 Å². The van der Waals surface area contributed by atoms with Crippen molar-refractivity contribution in [2.24, 2.45) is 5.92 Å². The summed E-state index contributed by atoms with van der Waals surface area (Å²) in [6, 6.07) is -0.665. The highest BCUT2D eigenvalue weighted by molar-refractivity contribution is 5.97. The number of carbonyl (C=O) groups is 2. The summed E-state index contributed by atoms with van der Waals surface area (Å²) in [5.74, 6) is 0.0881. The van der Waals surface area contributed by atoms with Crippen molar-refractivity contribution >= 4 is 11.8 Å². The number of hydrogen-bond donors (Lipinski definition) is 2. The minimum atomic E-state index is -0.371. The van der Waals surface area contributed by atoms with Gasteiger partial charge in [0.05, 0.1) is 0 Å². The predicted molar refractivity (Wildman–Crippen MR) is 50.0 cm³/mol. The first-order chi connectivity index (χ1) is 6.61. The summed E-state index contributed by atoms with van der Waals surface area (Å²) in [6.07, 6.45) is 0.711. The number of hydrazine groups is 1. The molecule has 5 nitrogen and oxygen atoms in total. The van der Waals surface area contributed by atoms with Gasteiger partial charge in [-0.25, -0.2) is 5.43 Å². The van der Waals surface area contributed by atoms with Crippen molar-refractivity contribution in [3.05, 3.63) is 0 Å². The summed E-state index contributed by atoms with van der Waals surface area (Å²) >= 11 is 0. The van der Waals surface area contributed by atoms with Crippen molar-refractivity contribution in [1.29, 1.82) is 0 Å². The number of nitrogens with zero attached hydrogens (tertiary/aromatic N) is 1. The number of nitrogens with one attached hydrogen (secondary N) is 2. The Balaban J connectivity index is 2.20. The van der Waals surface area contributed by atoms with Gasteiger partial charge >= 0.3 is 0 Å². The summed E-state index contributed by atoms with van der Waals surface area (Å²) in [6.45, 7) is 4.56. The quantitative estimate of drug-likeness (QED) is 0.581. The first-order valence-electron chi connectivity index (χ1n) is 4.98. The fourth-order valence-corrected chi connectivity index (χ4v) is 1.95. The molecular formula is C9H15N3O2. The molecule has 2 aliphatic rings. The highest BCUT2D eigenvalue weighted by Crippen LogP contribution is 2.18. The maximum atomic E-state index is 11.8. The Hall–Kier alpha value is -1.10. The standard InChI is InChI=1S/C9H15N3O2/c1-5(2)7-9(14)12-6(3-4-10-12)8(13)11-7/h5-7,10H,3-4H2,1-2H3,(H,11,13)/t6-,7-/m0/s1. The van der Waals surface area contributed by atoms with E-state index in [1.54, 1.807) is 0 Å². The lowest BCUT2D eigenvalue weighted by Gasteiger charge is -2.35. The topological polar surface area (TPSA) is 61.4 Å². The van der Waals surface area contributed by atoms with E-state index in [2.05, 4.69) is 10.7 Å². The second-order valence-corrected chi connectivity index (χ2v) is 4.15. The molecule has 78 valence electrons. The Morgan fingerprint density at radius 1 is 1.43 bits per heavy atom. The third-order valence-electron chi connectivity index (χ3n) is 2.78. The number of amides is 2. The van der Waals surface area contributed by atoms with Crippen molar-refractivity contribution in [2.75, 3.05) is 6.54 Å². The number of piperazine rings is 1. The molecule has 0 aliphatic carbocycles. The molecule has 0 saturated carbocycles. The molecule has 0 spiro atoms. The van der Waals surface area contributed by atoms with Crippen LogP contribution in [0.1, 0.15) is 20.3 Å². The molecule has 0 bridgehead atoms. The van der Waals surface area contributed by atoms with E-state index in [1.807, 2.05) is 13.8 Å². The van der Waals surface area contributed by atoms with Crippen LogP contribution in [-0.2, 0) is 9.59 Å². The molecule has 2 saturated heterocycles. The van der Waals surface area contributed by atoms with Crippen LogP contribution in [0.4, 0.5) is 0 Å². The Morgan fingerprint density at radius 3 is 2.79 bits per heavy atom. The second kappa shape index (κ2) is 3.24. The minimum absolute atomic E-state index is 0.0119. The SMILES string of the molecule is CC(C)[C@@H]1NC(=O)[C@@H]2CCNN2C1=O. The maximum absolute atomic E-state index is 11.8. The lowest BCUT2D eigenvalue weighted by molar-refractivity contribution is -0.151. The maximum Gasteiger partial charge on any atom is 0.260 e. The monoisotopic (exact) mass is 197 g/mol. The largest absolute Gasteiger partial charge is 0.342 e. The molecule has 2 aliphatic heterocycles. The molecular weight excluding hydrogens is 182 g/mol. The van der Waals surface area contributed by atoms with Crippen LogP contribution in [0.15, 0.2) is 0 Å². The van der Waals surface area contributed by atoms with Crippen LogP contribution in [0.5, 0.6) is 0 Å². The van der Waals surface area contributed by atoms with Gasteiger partial charge in [0.15, 0.2) is 0 Å². The van der Waals surface area contributed by atoms with Gasteiger partial charge in [0.2, 0.25) is 5.91 Å². The van der Waals surface area contributed by atoms with Crippen LogP contribution in [0.2, 0.25) is 0 Å². The lowest BCUT2D eigenvalue weighted by atomic mass is 9.99. The zero-order valence-electron chi connectivity index (χ0n) is 8.41. The van der Waals surface area contributed by atoms with Crippen LogP contribution in [-0.4, -0.2) is 35.5 Å². The van der Waals surface area contributed by atoms with Gasteiger partial charge in [-0.3, -0.25) is 14.6 Å². The van der Waals surface area contributed by atoms with E-state index in [0.717, 1.165) is 0 Å². The molecule has 2 amide bonds. The average Bonchev–Trinajstić information content (AvgIpc) is 2.59. The van der Waals surface area contributed by atoms with E-state index >= 15 is 0 Å². The highest BCUT2D eigenvalue weighted by atomic mass is 16.2. The second-order valence-electron chi connectivity index (χ2n) is 4.15. The van der Waals surface area contributed by atoms with Crippen LogP contribution in [0.3, 0.4) is 0 Å². The molecule has 2 N–H and O–H groups in total. The summed E-state index contributed by atoms with van der Waals surface area (Å²) < 4.78 is 0. The lowest BCUT2D eigenvalue weighted by Crippen LogP contribution is -2.64. The predicted octanol–water partition coefficient (Wildman–Crippen LogP) is -0.754. The van der Waals surface area contributed by atoms with E-state index in [9.17, 15) is 9.59 Å². The molecule has 5 heteroatoms. The molecule has 0 unspecified atom stereocenters. The van der Waals surface area contributed by atoms with Crippen molar-refractivity contribution in [3.63, 3.8) is 0 Å². The summed E-state index contributed by atoms with van der Waals surface area (Å²) in [7, 11) is 0. The molecule has 2 atom stereocenters. The molecule has 0 radical (unpaired) electrons. The molecule has 2 rings (SSSR count). The zero-order valence-corrected chi connectivity index (χ0v) is 8.41. The third kappa shape index (κ3) is 1.28. The fraction of sp³-hybridized carbons (Fsp3) is 0.778. The van der Waals surface area contributed by atoms with Gasteiger partial charge < -0.3 is 5.32 Å². The van der Waals surface area contributed by atoms with E-state index in [0.29, 0.717) is 13.0 Å². The van der Waals surface area contributed by atoms with Crippen LogP contribution in [0, 0.1) is 5.92 Å². The molecule has 0 aromatic carbocycles. The van der Waals surface area contributed by atoms with Gasteiger partial charge in [0.25, 0.3) is 5.91 Å². The minimum Gasteiger partial charge on any atom is -0.342 e. The van der Waals surface area contributed by atoms with Gasteiger partial charge in [-0.15, -0.1) is 0 Å². The Kier molecular flexibility index (Phi) is 2.19. The smallest absolute Gasteiger partial charge is 0.260 e. The van der Waals surface area contributed by atoms with Gasteiger partial charge in [0, 0.05) is 6.54 Å². The van der Waals surface area contributed by atoms with Crippen molar-refractivity contribution in [2.45, 2.75) is 32.4 Å². The Morgan fingerprint density at radius 2 is 2.14 bits per heavy atom. The Bertz CT molecular complexity index is 273. The normalized spacial score (nSPS) is 32.1. The molecule has 2 fully saturated rings. The molecule has 2 heterocycles. The van der Waals surface area contributed by atoms with E-state index in [1.165, 1.54) is 5.01 Å².